The standard InChI is InChI=1S/C24H18F3NO/c25-24(26,27)23(29)28-20(15-19-13-7-8-14-22(19)28)16-21(17-9-3-1-4-10-17)18-11-5-2-6-12-18/h1-14,16,20H,15H2. The van der Waals surface area contributed by atoms with Gasteiger partial charge in [-0.1, -0.05) is 84.9 Å². The van der Waals surface area contributed by atoms with E-state index < -0.39 is 18.1 Å². The number of halogens is 3. The number of rotatable bonds is 3. The Morgan fingerprint density at radius 2 is 1.34 bits per heavy atom. The molecule has 1 heterocycles. The Hall–Kier alpha value is -3.34. The number of fused-ring (bicyclic) bond motifs is 1. The lowest BCUT2D eigenvalue weighted by Crippen LogP contribution is -2.44. The Morgan fingerprint density at radius 1 is 0.828 bits per heavy atom. The zero-order valence-corrected chi connectivity index (χ0v) is 15.4. The lowest BCUT2D eigenvalue weighted by Gasteiger charge is -2.25. The first-order valence-corrected chi connectivity index (χ1v) is 9.26. The predicted molar refractivity (Wildman–Crippen MR) is 107 cm³/mol. The fourth-order valence-electron chi connectivity index (χ4n) is 3.73. The van der Waals surface area contributed by atoms with E-state index in [0.29, 0.717) is 12.1 Å². The molecule has 3 aromatic rings. The maximum Gasteiger partial charge on any atom is 0.471 e. The van der Waals surface area contributed by atoms with Crippen molar-refractivity contribution in [3.05, 3.63) is 108 Å². The Morgan fingerprint density at radius 3 is 1.90 bits per heavy atom. The molecular weight excluding hydrogens is 375 g/mol. The van der Waals surface area contributed by atoms with Gasteiger partial charge in [0.2, 0.25) is 0 Å². The molecule has 1 atom stereocenters. The van der Waals surface area contributed by atoms with Crippen LogP contribution in [0.1, 0.15) is 16.7 Å². The zero-order valence-electron chi connectivity index (χ0n) is 15.4. The van der Waals surface area contributed by atoms with Gasteiger partial charge in [-0.2, -0.15) is 13.2 Å². The van der Waals surface area contributed by atoms with Gasteiger partial charge in [-0.15, -0.1) is 0 Å². The molecule has 3 aromatic carbocycles. The second kappa shape index (κ2) is 7.59. The molecule has 0 N–H and O–H groups in total. The molecule has 0 saturated heterocycles. The summed E-state index contributed by atoms with van der Waals surface area (Å²) in [6.07, 6.45) is -2.83. The third kappa shape index (κ3) is 3.81. The van der Waals surface area contributed by atoms with Crippen LogP contribution in [0.2, 0.25) is 0 Å². The normalized spacial score (nSPS) is 15.7. The molecule has 2 nitrogen and oxygen atoms in total. The lowest BCUT2D eigenvalue weighted by molar-refractivity contribution is -0.170. The summed E-state index contributed by atoms with van der Waals surface area (Å²) in [7, 11) is 0. The van der Waals surface area contributed by atoms with Crippen LogP contribution in [0.25, 0.3) is 5.57 Å². The molecule has 29 heavy (non-hydrogen) atoms. The maximum atomic E-state index is 13.3. The molecule has 1 aliphatic heterocycles. The molecule has 0 fully saturated rings. The van der Waals surface area contributed by atoms with Gasteiger partial charge in [-0.25, -0.2) is 0 Å². The molecule has 4 rings (SSSR count). The summed E-state index contributed by atoms with van der Waals surface area (Å²) >= 11 is 0. The van der Waals surface area contributed by atoms with Crippen LogP contribution in [0.4, 0.5) is 18.9 Å². The van der Waals surface area contributed by atoms with Crippen molar-refractivity contribution in [2.75, 3.05) is 4.90 Å². The van der Waals surface area contributed by atoms with Crippen LogP contribution in [-0.2, 0) is 11.2 Å². The van der Waals surface area contributed by atoms with Gasteiger partial charge in [0, 0.05) is 5.69 Å². The van der Waals surface area contributed by atoms with Gasteiger partial charge in [0.15, 0.2) is 0 Å². The first-order chi connectivity index (χ1) is 13.9. The molecule has 0 aromatic heterocycles. The Bertz CT molecular complexity index is 1000. The van der Waals surface area contributed by atoms with E-state index in [-0.39, 0.29) is 0 Å². The minimum atomic E-state index is -4.94. The van der Waals surface area contributed by atoms with E-state index in [1.807, 2.05) is 60.7 Å². The number of anilines is 1. The highest BCUT2D eigenvalue weighted by Crippen LogP contribution is 2.37. The smallest absolute Gasteiger partial charge is 0.297 e. The third-order valence-corrected chi connectivity index (χ3v) is 5.00. The van der Waals surface area contributed by atoms with Crippen molar-refractivity contribution in [1.29, 1.82) is 0 Å². The topological polar surface area (TPSA) is 20.3 Å². The summed E-state index contributed by atoms with van der Waals surface area (Å²) in [5.41, 5.74) is 3.61. The summed E-state index contributed by atoms with van der Waals surface area (Å²) in [5.74, 6) is -1.84. The summed E-state index contributed by atoms with van der Waals surface area (Å²) in [4.78, 5) is 13.1. The van der Waals surface area contributed by atoms with Crippen molar-refractivity contribution >= 4 is 17.2 Å². The Labute approximate surface area is 166 Å². The molecular formula is C24H18F3NO. The fraction of sp³-hybridized carbons (Fsp3) is 0.125. The number of alkyl halides is 3. The number of amides is 1. The van der Waals surface area contributed by atoms with Gasteiger partial charge in [0.05, 0.1) is 6.04 Å². The van der Waals surface area contributed by atoms with E-state index in [4.69, 9.17) is 0 Å². The van der Waals surface area contributed by atoms with Gasteiger partial charge in [0.25, 0.3) is 0 Å². The second-order valence-corrected chi connectivity index (χ2v) is 6.89. The van der Waals surface area contributed by atoms with E-state index in [2.05, 4.69) is 0 Å². The summed E-state index contributed by atoms with van der Waals surface area (Å²) in [6, 6.07) is 25.0. The summed E-state index contributed by atoms with van der Waals surface area (Å²) in [6.45, 7) is 0. The number of nitrogens with zero attached hydrogens (tertiary/aromatic N) is 1. The van der Waals surface area contributed by atoms with Crippen LogP contribution in [0, 0.1) is 0 Å². The fourth-order valence-corrected chi connectivity index (χ4v) is 3.73. The van der Waals surface area contributed by atoms with E-state index in [1.165, 1.54) is 0 Å². The average Bonchev–Trinajstić information content (AvgIpc) is 3.10. The molecule has 1 amide bonds. The molecule has 0 aliphatic carbocycles. The second-order valence-electron chi connectivity index (χ2n) is 6.89. The van der Waals surface area contributed by atoms with Gasteiger partial charge in [-0.05, 0) is 34.8 Å². The van der Waals surface area contributed by atoms with Crippen molar-refractivity contribution in [3.8, 4) is 0 Å². The number of carbonyl (C=O) groups is 1. The number of para-hydroxylation sites is 1. The molecule has 0 radical (unpaired) electrons. The summed E-state index contributed by atoms with van der Waals surface area (Å²) in [5, 5.41) is 0. The maximum absolute atomic E-state index is 13.3. The van der Waals surface area contributed by atoms with Crippen LogP contribution >= 0.6 is 0 Å². The number of carbonyl (C=O) groups excluding carboxylic acids is 1. The van der Waals surface area contributed by atoms with Gasteiger partial charge >= 0.3 is 12.1 Å². The van der Waals surface area contributed by atoms with Crippen molar-refractivity contribution in [2.45, 2.75) is 18.6 Å². The minimum Gasteiger partial charge on any atom is -0.297 e. The molecule has 146 valence electrons. The highest BCUT2D eigenvalue weighted by molar-refractivity contribution is 6.00. The van der Waals surface area contributed by atoms with Gasteiger partial charge in [-0.3, -0.25) is 9.69 Å². The third-order valence-electron chi connectivity index (χ3n) is 5.00. The SMILES string of the molecule is O=C(N1c2ccccc2CC1C=C(c1ccccc1)c1ccccc1)C(F)(F)F. The van der Waals surface area contributed by atoms with E-state index in [1.54, 1.807) is 30.3 Å². The minimum absolute atomic E-state index is 0.316. The molecule has 0 spiro atoms. The molecule has 0 bridgehead atoms. The quantitative estimate of drug-likeness (QED) is 0.564. The average molecular weight is 393 g/mol. The number of hydrogen-bond donors (Lipinski definition) is 0. The summed E-state index contributed by atoms with van der Waals surface area (Å²) < 4.78 is 40.0. The van der Waals surface area contributed by atoms with Crippen LogP contribution < -0.4 is 4.90 Å². The van der Waals surface area contributed by atoms with Crippen molar-refractivity contribution in [3.63, 3.8) is 0 Å². The van der Waals surface area contributed by atoms with Crippen molar-refractivity contribution in [1.82, 2.24) is 0 Å². The van der Waals surface area contributed by atoms with Gasteiger partial charge < -0.3 is 0 Å². The zero-order chi connectivity index (χ0) is 20.4. The largest absolute Gasteiger partial charge is 0.471 e. The molecule has 5 heteroatoms. The predicted octanol–water partition coefficient (Wildman–Crippen LogP) is 5.64. The van der Waals surface area contributed by atoms with E-state index in [0.717, 1.165) is 27.2 Å². The number of benzene rings is 3. The van der Waals surface area contributed by atoms with Crippen LogP contribution in [-0.4, -0.2) is 18.1 Å². The first-order valence-electron chi connectivity index (χ1n) is 9.26. The number of hydrogen-bond acceptors (Lipinski definition) is 1. The Kier molecular flexibility index (Phi) is 4.97. The van der Waals surface area contributed by atoms with E-state index in [9.17, 15) is 18.0 Å². The highest BCUT2D eigenvalue weighted by Gasteiger charge is 2.47. The molecule has 0 saturated carbocycles. The first kappa shape index (κ1) is 19.0. The van der Waals surface area contributed by atoms with Crippen LogP contribution in [0.15, 0.2) is 91.0 Å². The monoisotopic (exact) mass is 393 g/mol. The van der Waals surface area contributed by atoms with Crippen molar-refractivity contribution < 1.29 is 18.0 Å². The molecule has 1 aliphatic rings. The molecule has 1 unspecified atom stereocenters. The lowest BCUT2D eigenvalue weighted by atomic mass is 9.95. The Balaban J connectivity index is 1.84. The van der Waals surface area contributed by atoms with Gasteiger partial charge in [0.1, 0.15) is 0 Å². The van der Waals surface area contributed by atoms with Crippen molar-refractivity contribution in [2.24, 2.45) is 0 Å². The van der Waals surface area contributed by atoms with E-state index >= 15 is 0 Å². The van der Waals surface area contributed by atoms with Crippen LogP contribution in [0.5, 0.6) is 0 Å². The highest BCUT2D eigenvalue weighted by atomic mass is 19.4. The van der Waals surface area contributed by atoms with Crippen LogP contribution in [0.3, 0.4) is 0 Å².